The van der Waals surface area contributed by atoms with Crippen molar-refractivity contribution in [1.29, 1.82) is 0 Å². The topological polar surface area (TPSA) is 86.8 Å². The second kappa shape index (κ2) is 6.99. The molecule has 0 unspecified atom stereocenters. The Bertz CT molecular complexity index is 775. The summed E-state index contributed by atoms with van der Waals surface area (Å²) < 4.78 is 36.6. The molecule has 3 rings (SSSR count). The molecule has 25 heavy (non-hydrogen) atoms. The fraction of sp³-hybridized carbons (Fsp3) is 0.500. The van der Waals surface area contributed by atoms with E-state index in [1.165, 1.54) is 17.0 Å². The standard InChI is InChI=1S/C16H20FN3O4S/c17-13-3-1-2-4-14(13)18-16(22)20-8-6-19(7-9-20)15(21)12-5-10-25(23,24)11-12/h1-4,12H,5-11H2,(H,18,22)/t12-/m1/s1. The monoisotopic (exact) mass is 369 g/mol. The van der Waals surface area contributed by atoms with Crippen molar-refractivity contribution in [3.63, 3.8) is 0 Å². The second-order valence-electron chi connectivity index (χ2n) is 6.32. The maximum Gasteiger partial charge on any atom is 0.322 e. The number of hydrogen-bond acceptors (Lipinski definition) is 4. The van der Waals surface area contributed by atoms with Crippen LogP contribution in [0.2, 0.25) is 0 Å². The fourth-order valence-electron chi connectivity index (χ4n) is 3.13. The van der Waals surface area contributed by atoms with Gasteiger partial charge in [-0.2, -0.15) is 0 Å². The molecule has 2 saturated heterocycles. The van der Waals surface area contributed by atoms with Gasteiger partial charge in [-0.3, -0.25) is 4.79 Å². The quantitative estimate of drug-likeness (QED) is 0.840. The van der Waals surface area contributed by atoms with Gasteiger partial charge in [0.15, 0.2) is 9.84 Å². The van der Waals surface area contributed by atoms with E-state index < -0.39 is 27.6 Å². The van der Waals surface area contributed by atoms with E-state index in [2.05, 4.69) is 5.32 Å². The molecular formula is C16H20FN3O4S. The minimum atomic E-state index is -3.10. The number of anilines is 1. The van der Waals surface area contributed by atoms with Crippen LogP contribution in [0.4, 0.5) is 14.9 Å². The molecule has 2 fully saturated rings. The molecule has 1 aromatic carbocycles. The van der Waals surface area contributed by atoms with Gasteiger partial charge in [-0.1, -0.05) is 12.1 Å². The van der Waals surface area contributed by atoms with Gasteiger partial charge in [0.2, 0.25) is 5.91 Å². The van der Waals surface area contributed by atoms with Gasteiger partial charge in [0, 0.05) is 26.2 Å². The van der Waals surface area contributed by atoms with Gasteiger partial charge in [-0.05, 0) is 18.6 Å². The van der Waals surface area contributed by atoms with E-state index in [0.717, 1.165) is 0 Å². The summed E-state index contributed by atoms with van der Waals surface area (Å²) in [5.74, 6) is -1.15. The number of halogens is 1. The molecule has 2 aliphatic heterocycles. The van der Waals surface area contributed by atoms with Crippen LogP contribution in [0.15, 0.2) is 24.3 Å². The van der Waals surface area contributed by atoms with Crippen molar-refractivity contribution in [3.05, 3.63) is 30.1 Å². The molecule has 0 radical (unpaired) electrons. The third kappa shape index (κ3) is 4.09. The number of para-hydroxylation sites is 1. The number of rotatable bonds is 2. The Morgan fingerprint density at radius 1 is 1.08 bits per heavy atom. The van der Waals surface area contributed by atoms with Crippen LogP contribution in [0.3, 0.4) is 0 Å². The average molecular weight is 369 g/mol. The lowest BCUT2D eigenvalue weighted by Gasteiger charge is -2.35. The number of carbonyl (C=O) groups excluding carboxylic acids is 2. The Morgan fingerprint density at radius 3 is 2.32 bits per heavy atom. The molecule has 0 bridgehead atoms. The normalized spacial score (nSPS) is 22.7. The molecule has 2 heterocycles. The molecule has 0 aromatic heterocycles. The van der Waals surface area contributed by atoms with Crippen molar-refractivity contribution in [2.24, 2.45) is 5.92 Å². The number of piperazine rings is 1. The highest BCUT2D eigenvalue weighted by atomic mass is 32.2. The Hall–Kier alpha value is -2.16. The largest absolute Gasteiger partial charge is 0.339 e. The van der Waals surface area contributed by atoms with E-state index in [9.17, 15) is 22.4 Å². The smallest absolute Gasteiger partial charge is 0.322 e. The van der Waals surface area contributed by atoms with Gasteiger partial charge in [0.1, 0.15) is 5.82 Å². The van der Waals surface area contributed by atoms with E-state index in [4.69, 9.17) is 0 Å². The molecular weight excluding hydrogens is 349 g/mol. The Morgan fingerprint density at radius 2 is 1.72 bits per heavy atom. The summed E-state index contributed by atoms with van der Waals surface area (Å²) in [6.07, 6.45) is 0.370. The number of nitrogens with one attached hydrogen (secondary N) is 1. The molecule has 9 heteroatoms. The Labute approximate surface area is 145 Å². The lowest BCUT2D eigenvalue weighted by molar-refractivity contribution is -0.136. The molecule has 3 amide bonds. The maximum absolute atomic E-state index is 13.6. The van der Waals surface area contributed by atoms with E-state index in [1.807, 2.05) is 0 Å². The van der Waals surface area contributed by atoms with Gasteiger partial charge < -0.3 is 15.1 Å². The van der Waals surface area contributed by atoms with Crippen LogP contribution in [0, 0.1) is 11.7 Å². The summed E-state index contributed by atoms with van der Waals surface area (Å²) in [6.45, 7) is 1.34. The van der Waals surface area contributed by atoms with Gasteiger partial charge in [0.05, 0.1) is 23.1 Å². The summed E-state index contributed by atoms with van der Waals surface area (Å²) in [5, 5.41) is 2.52. The van der Waals surface area contributed by atoms with Gasteiger partial charge in [0.25, 0.3) is 0 Å². The minimum absolute atomic E-state index is 0.0639. The highest BCUT2D eigenvalue weighted by Crippen LogP contribution is 2.21. The summed E-state index contributed by atoms with van der Waals surface area (Å²) in [4.78, 5) is 27.7. The highest BCUT2D eigenvalue weighted by Gasteiger charge is 2.36. The first kappa shape index (κ1) is 17.7. The molecule has 1 aromatic rings. The molecule has 2 aliphatic rings. The van der Waals surface area contributed by atoms with Gasteiger partial charge in [-0.25, -0.2) is 17.6 Å². The average Bonchev–Trinajstić information content (AvgIpc) is 2.96. The van der Waals surface area contributed by atoms with Gasteiger partial charge >= 0.3 is 6.03 Å². The zero-order valence-corrected chi connectivity index (χ0v) is 14.5. The fourth-order valence-corrected chi connectivity index (χ4v) is 4.87. The van der Waals surface area contributed by atoms with Crippen LogP contribution in [-0.4, -0.2) is 67.8 Å². The number of carbonyl (C=O) groups is 2. The van der Waals surface area contributed by atoms with E-state index in [1.54, 1.807) is 17.0 Å². The number of urea groups is 1. The van der Waals surface area contributed by atoms with Crippen molar-refractivity contribution in [2.75, 3.05) is 43.0 Å². The summed E-state index contributed by atoms with van der Waals surface area (Å²) in [7, 11) is -3.10. The van der Waals surface area contributed by atoms with E-state index in [0.29, 0.717) is 32.6 Å². The first-order valence-electron chi connectivity index (χ1n) is 8.15. The molecule has 0 aliphatic carbocycles. The lowest BCUT2D eigenvalue weighted by atomic mass is 10.1. The first-order valence-corrected chi connectivity index (χ1v) is 9.97. The van der Waals surface area contributed by atoms with Crippen molar-refractivity contribution in [2.45, 2.75) is 6.42 Å². The second-order valence-corrected chi connectivity index (χ2v) is 8.55. The zero-order chi connectivity index (χ0) is 18.0. The molecule has 0 saturated carbocycles. The van der Waals surface area contributed by atoms with Crippen LogP contribution in [0.25, 0.3) is 0 Å². The third-order valence-corrected chi connectivity index (χ3v) is 6.34. The van der Waals surface area contributed by atoms with E-state index >= 15 is 0 Å². The van der Waals surface area contributed by atoms with Crippen LogP contribution in [-0.2, 0) is 14.6 Å². The SMILES string of the molecule is O=C(Nc1ccccc1F)N1CCN(C(=O)[C@@H]2CCS(=O)(=O)C2)CC1. The van der Waals surface area contributed by atoms with Crippen LogP contribution in [0.1, 0.15) is 6.42 Å². The summed E-state index contributed by atoms with van der Waals surface area (Å²) >= 11 is 0. The highest BCUT2D eigenvalue weighted by molar-refractivity contribution is 7.91. The number of hydrogen-bond donors (Lipinski definition) is 1. The molecule has 1 N–H and O–H groups in total. The number of amides is 3. The predicted molar refractivity (Wildman–Crippen MR) is 90.3 cm³/mol. The van der Waals surface area contributed by atoms with Crippen molar-refractivity contribution in [3.8, 4) is 0 Å². The number of benzene rings is 1. The van der Waals surface area contributed by atoms with Crippen LogP contribution >= 0.6 is 0 Å². The molecule has 136 valence electrons. The van der Waals surface area contributed by atoms with Crippen LogP contribution in [0.5, 0.6) is 0 Å². The van der Waals surface area contributed by atoms with Gasteiger partial charge in [-0.15, -0.1) is 0 Å². The third-order valence-electron chi connectivity index (χ3n) is 4.58. The van der Waals surface area contributed by atoms with Crippen molar-refractivity contribution in [1.82, 2.24) is 9.80 Å². The predicted octanol–water partition coefficient (Wildman–Crippen LogP) is 0.936. The number of sulfone groups is 1. The molecule has 1 atom stereocenters. The zero-order valence-electron chi connectivity index (χ0n) is 13.7. The van der Waals surface area contributed by atoms with E-state index in [-0.39, 0.29) is 23.1 Å². The summed E-state index contributed by atoms with van der Waals surface area (Å²) in [5.41, 5.74) is 0.113. The molecule has 0 spiro atoms. The summed E-state index contributed by atoms with van der Waals surface area (Å²) in [6, 6.07) is 5.50. The molecule has 7 nitrogen and oxygen atoms in total. The maximum atomic E-state index is 13.6. The Kier molecular flexibility index (Phi) is 4.94. The number of nitrogens with zero attached hydrogens (tertiary/aromatic N) is 2. The first-order chi connectivity index (χ1) is 11.9. The Balaban J connectivity index is 1.52. The van der Waals surface area contributed by atoms with Crippen molar-refractivity contribution >= 4 is 27.5 Å². The lowest BCUT2D eigenvalue weighted by Crippen LogP contribution is -2.53. The van der Waals surface area contributed by atoms with Crippen LogP contribution < -0.4 is 5.32 Å². The van der Waals surface area contributed by atoms with Crippen molar-refractivity contribution < 1.29 is 22.4 Å². The minimum Gasteiger partial charge on any atom is -0.339 e.